The molecule has 1 N–H and O–H groups in total. The number of aromatic nitrogens is 3. The van der Waals surface area contributed by atoms with Crippen molar-refractivity contribution in [3.63, 3.8) is 0 Å². The number of halogens is 3. The van der Waals surface area contributed by atoms with E-state index >= 15 is 0 Å². The zero-order valence-corrected chi connectivity index (χ0v) is 10.7. The summed E-state index contributed by atoms with van der Waals surface area (Å²) in [6.45, 7) is 2.78. The van der Waals surface area contributed by atoms with Crippen molar-refractivity contribution in [1.82, 2.24) is 19.9 Å². The van der Waals surface area contributed by atoms with E-state index in [1.807, 2.05) is 4.90 Å². The molecule has 0 radical (unpaired) electrons. The summed E-state index contributed by atoms with van der Waals surface area (Å²) in [6.07, 6.45) is -2.18. The highest BCUT2D eigenvalue weighted by atomic mass is 19.4. The highest BCUT2D eigenvalue weighted by Crippen LogP contribution is 2.30. The fourth-order valence-electron chi connectivity index (χ4n) is 2.41. The van der Waals surface area contributed by atoms with Gasteiger partial charge in [0.05, 0.1) is 12.0 Å². The SMILES string of the molecule is FC(F)(F)Cc1c(N2CCNCC2)nn2cccnc12. The molecule has 0 aromatic carbocycles. The van der Waals surface area contributed by atoms with Crippen molar-refractivity contribution >= 4 is 11.5 Å². The van der Waals surface area contributed by atoms with Crippen LogP contribution >= 0.6 is 0 Å². The molecule has 0 saturated carbocycles. The van der Waals surface area contributed by atoms with Gasteiger partial charge in [0.25, 0.3) is 0 Å². The molecular weight excluding hydrogens is 271 g/mol. The first kappa shape index (κ1) is 13.2. The van der Waals surface area contributed by atoms with E-state index in [2.05, 4.69) is 15.4 Å². The van der Waals surface area contributed by atoms with Crippen LogP contribution in [0.25, 0.3) is 5.65 Å². The number of rotatable bonds is 2. The van der Waals surface area contributed by atoms with Gasteiger partial charge in [-0.15, -0.1) is 5.10 Å². The van der Waals surface area contributed by atoms with E-state index in [1.54, 1.807) is 12.3 Å². The Morgan fingerprint density at radius 3 is 2.70 bits per heavy atom. The minimum atomic E-state index is -4.27. The minimum Gasteiger partial charge on any atom is -0.352 e. The highest BCUT2D eigenvalue weighted by molar-refractivity contribution is 5.62. The lowest BCUT2D eigenvalue weighted by molar-refractivity contribution is -0.126. The predicted octanol–water partition coefficient (Wildman–Crippen LogP) is 1.24. The van der Waals surface area contributed by atoms with Crippen LogP contribution in [0.3, 0.4) is 0 Å². The Hall–Kier alpha value is -1.83. The third-order valence-electron chi connectivity index (χ3n) is 3.26. The molecule has 1 aliphatic rings. The monoisotopic (exact) mass is 285 g/mol. The molecule has 1 saturated heterocycles. The van der Waals surface area contributed by atoms with Gasteiger partial charge >= 0.3 is 6.18 Å². The van der Waals surface area contributed by atoms with Gasteiger partial charge < -0.3 is 10.2 Å². The number of fused-ring (bicyclic) bond motifs is 1. The smallest absolute Gasteiger partial charge is 0.352 e. The van der Waals surface area contributed by atoms with Gasteiger partial charge in [0.2, 0.25) is 0 Å². The van der Waals surface area contributed by atoms with Gasteiger partial charge in [-0.3, -0.25) is 0 Å². The number of nitrogens with zero attached hydrogens (tertiary/aromatic N) is 4. The van der Waals surface area contributed by atoms with Crippen LogP contribution in [0.2, 0.25) is 0 Å². The van der Waals surface area contributed by atoms with Gasteiger partial charge in [-0.25, -0.2) is 9.50 Å². The Balaban J connectivity index is 2.06. The van der Waals surface area contributed by atoms with Gasteiger partial charge in [0, 0.05) is 38.6 Å². The summed E-state index contributed by atoms with van der Waals surface area (Å²) in [4.78, 5) is 5.92. The fraction of sp³-hybridized carbons (Fsp3) is 0.500. The van der Waals surface area contributed by atoms with Gasteiger partial charge in [0.1, 0.15) is 0 Å². The molecule has 0 amide bonds. The average molecular weight is 285 g/mol. The quantitative estimate of drug-likeness (QED) is 0.902. The third kappa shape index (κ3) is 2.55. The van der Waals surface area contributed by atoms with Crippen LogP contribution < -0.4 is 10.2 Å². The molecule has 1 aliphatic heterocycles. The molecule has 108 valence electrons. The van der Waals surface area contributed by atoms with Crippen LogP contribution in [-0.4, -0.2) is 47.0 Å². The summed E-state index contributed by atoms with van der Waals surface area (Å²) in [7, 11) is 0. The molecule has 1 fully saturated rings. The van der Waals surface area contributed by atoms with Crippen molar-refractivity contribution in [3.05, 3.63) is 24.0 Å². The summed E-state index contributed by atoms with van der Waals surface area (Å²) in [5.74, 6) is 0.391. The lowest BCUT2D eigenvalue weighted by atomic mass is 10.2. The largest absolute Gasteiger partial charge is 0.393 e. The highest BCUT2D eigenvalue weighted by Gasteiger charge is 2.33. The minimum absolute atomic E-state index is 0.153. The normalized spacial score (nSPS) is 16.9. The molecule has 0 atom stereocenters. The Labute approximate surface area is 113 Å². The lowest BCUT2D eigenvalue weighted by Gasteiger charge is -2.28. The molecule has 2 aromatic rings. The maximum atomic E-state index is 12.8. The van der Waals surface area contributed by atoms with Crippen LogP contribution in [0.4, 0.5) is 19.0 Å². The van der Waals surface area contributed by atoms with Crippen LogP contribution in [0.1, 0.15) is 5.56 Å². The third-order valence-corrected chi connectivity index (χ3v) is 3.26. The fourth-order valence-corrected chi connectivity index (χ4v) is 2.41. The van der Waals surface area contributed by atoms with Crippen LogP contribution in [0, 0.1) is 0 Å². The molecule has 2 aromatic heterocycles. The van der Waals surface area contributed by atoms with Crippen LogP contribution in [0.5, 0.6) is 0 Å². The molecule has 0 spiro atoms. The van der Waals surface area contributed by atoms with Crippen molar-refractivity contribution in [2.24, 2.45) is 0 Å². The molecule has 3 rings (SSSR count). The molecule has 3 heterocycles. The Morgan fingerprint density at radius 2 is 2.00 bits per heavy atom. The Bertz CT molecular complexity index is 601. The number of hydrogen-bond donors (Lipinski definition) is 1. The van der Waals surface area contributed by atoms with Crippen molar-refractivity contribution in [1.29, 1.82) is 0 Å². The number of nitrogens with one attached hydrogen (secondary N) is 1. The summed E-state index contributed by atoms with van der Waals surface area (Å²) in [5.41, 5.74) is 0.429. The molecule has 0 unspecified atom stereocenters. The number of alkyl halides is 3. The second kappa shape index (κ2) is 4.93. The van der Waals surface area contributed by atoms with Crippen LogP contribution in [-0.2, 0) is 6.42 Å². The summed E-state index contributed by atoms with van der Waals surface area (Å²) >= 11 is 0. The number of anilines is 1. The van der Waals surface area contributed by atoms with Gasteiger partial charge in [0.15, 0.2) is 11.5 Å². The first-order valence-electron chi connectivity index (χ1n) is 6.39. The second-order valence-electron chi connectivity index (χ2n) is 4.72. The Morgan fingerprint density at radius 1 is 1.25 bits per heavy atom. The average Bonchev–Trinajstić information content (AvgIpc) is 2.77. The molecule has 0 bridgehead atoms. The maximum absolute atomic E-state index is 12.8. The first-order valence-corrected chi connectivity index (χ1v) is 6.39. The van der Waals surface area contributed by atoms with E-state index < -0.39 is 12.6 Å². The predicted molar refractivity (Wildman–Crippen MR) is 67.8 cm³/mol. The Kier molecular flexibility index (Phi) is 3.25. The summed E-state index contributed by atoms with van der Waals surface area (Å²) < 4.78 is 39.8. The second-order valence-corrected chi connectivity index (χ2v) is 4.72. The van der Waals surface area contributed by atoms with Gasteiger partial charge in [-0.05, 0) is 6.07 Å². The molecule has 20 heavy (non-hydrogen) atoms. The van der Waals surface area contributed by atoms with E-state index in [0.717, 1.165) is 13.1 Å². The topological polar surface area (TPSA) is 45.5 Å². The van der Waals surface area contributed by atoms with Crippen LogP contribution in [0.15, 0.2) is 18.5 Å². The first-order chi connectivity index (χ1) is 9.54. The summed E-state index contributed by atoms with van der Waals surface area (Å²) in [6, 6.07) is 1.65. The zero-order chi connectivity index (χ0) is 14.2. The lowest BCUT2D eigenvalue weighted by Crippen LogP contribution is -2.44. The number of hydrogen-bond acceptors (Lipinski definition) is 4. The molecule has 0 aliphatic carbocycles. The van der Waals surface area contributed by atoms with Crippen molar-refractivity contribution in [3.8, 4) is 0 Å². The van der Waals surface area contributed by atoms with Gasteiger partial charge in [-0.1, -0.05) is 0 Å². The molecular formula is C12H14F3N5. The van der Waals surface area contributed by atoms with Crippen molar-refractivity contribution in [2.45, 2.75) is 12.6 Å². The molecule has 5 nitrogen and oxygen atoms in total. The maximum Gasteiger partial charge on any atom is 0.393 e. The van der Waals surface area contributed by atoms with E-state index in [-0.39, 0.29) is 11.2 Å². The van der Waals surface area contributed by atoms with Crippen molar-refractivity contribution in [2.75, 3.05) is 31.1 Å². The molecule has 8 heteroatoms. The van der Waals surface area contributed by atoms with E-state index in [0.29, 0.717) is 18.9 Å². The van der Waals surface area contributed by atoms with E-state index in [9.17, 15) is 13.2 Å². The standard InChI is InChI=1S/C12H14F3N5/c13-12(14,15)8-9-10-17-2-1-5-20(10)18-11(9)19-6-3-16-4-7-19/h1-2,5,16H,3-4,6-8H2. The van der Waals surface area contributed by atoms with E-state index in [1.165, 1.54) is 10.7 Å². The zero-order valence-electron chi connectivity index (χ0n) is 10.7. The van der Waals surface area contributed by atoms with Crippen molar-refractivity contribution < 1.29 is 13.2 Å². The summed E-state index contributed by atoms with van der Waals surface area (Å²) in [5, 5.41) is 7.44. The van der Waals surface area contributed by atoms with Gasteiger partial charge in [-0.2, -0.15) is 13.2 Å². The number of piperazine rings is 1. The van der Waals surface area contributed by atoms with E-state index in [4.69, 9.17) is 0 Å².